The Kier molecular flexibility index (Phi) is 2.47. The lowest BCUT2D eigenvalue weighted by Gasteiger charge is -2.09. The summed E-state index contributed by atoms with van der Waals surface area (Å²) in [4.78, 5) is 14.6. The van der Waals surface area contributed by atoms with Gasteiger partial charge in [-0.05, 0) is 22.6 Å². The average molecular weight is 201 g/mol. The molecule has 0 radical (unpaired) electrons. The number of benzene rings is 1. The highest BCUT2D eigenvalue weighted by Gasteiger charge is 2.11. The van der Waals surface area contributed by atoms with Gasteiger partial charge >= 0.3 is 0 Å². The minimum absolute atomic E-state index is 0.298. The zero-order valence-electron chi connectivity index (χ0n) is 8.34. The highest BCUT2D eigenvalue weighted by atomic mass is 16.3. The summed E-state index contributed by atoms with van der Waals surface area (Å²) in [7, 11) is 0. The zero-order chi connectivity index (χ0) is 10.8. The van der Waals surface area contributed by atoms with Crippen LogP contribution in [0.3, 0.4) is 0 Å². The molecule has 1 N–H and O–H groups in total. The van der Waals surface area contributed by atoms with E-state index in [4.69, 9.17) is 0 Å². The van der Waals surface area contributed by atoms with Crippen molar-refractivity contribution in [1.82, 2.24) is 0 Å². The molecule has 1 aliphatic carbocycles. The molecule has 0 aliphatic heterocycles. The second kappa shape index (κ2) is 3.79. The largest absolute Gasteiger partial charge is 0.383 e. The number of nitrogens with zero attached hydrogens (tertiary/aromatic N) is 1. The van der Waals surface area contributed by atoms with E-state index in [2.05, 4.69) is 4.99 Å². The molecule has 3 nitrogen and oxygen atoms in total. The van der Waals surface area contributed by atoms with Gasteiger partial charge in [-0.25, -0.2) is 4.99 Å². The molecule has 1 aromatic carbocycles. The molecule has 76 valence electrons. The fourth-order valence-corrected chi connectivity index (χ4v) is 1.57. The van der Waals surface area contributed by atoms with E-state index in [1.165, 1.54) is 6.92 Å². The molecule has 0 bridgehead atoms. The molecular formula is C12H11NO2. The van der Waals surface area contributed by atoms with E-state index < -0.39 is 6.10 Å². The highest BCUT2D eigenvalue weighted by Crippen LogP contribution is 1.97. The van der Waals surface area contributed by atoms with Crippen LogP contribution in [0.5, 0.6) is 0 Å². The van der Waals surface area contributed by atoms with Crippen LogP contribution >= 0.6 is 0 Å². The van der Waals surface area contributed by atoms with Crippen molar-refractivity contribution in [1.29, 1.82) is 0 Å². The third kappa shape index (κ3) is 2.02. The van der Waals surface area contributed by atoms with Crippen molar-refractivity contribution in [3.8, 4) is 0 Å². The number of hydrogen-bond acceptors (Lipinski definition) is 2. The summed E-state index contributed by atoms with van der Waals surface area (Å²) >= 11 is 0. The number of rotatable bonds is 0. The van der Waals surface area contributed by atoms with Crippen molar-refractivity contribution < 1.29 is 9.90 Å². The fraction of sp³-hybridized carbons (Fsp3) is 0.167. The topological polar surface area (TPSA) is 49.7 Å². The molecule has 1 aromatic rings. The average Bonchev–Trinajstić information content (AvgIpc) is 2.18. The van der Waals surface area contributed by atoms with Crippen molar-refractivity contribution in [2.24, 2.45) is 4.99 Å². The summed E-state index contributed by atoms with van der Waals surface area (Å²) in [6.45, 7) is 1.37. The maximum Gasteiger partial charge on any atom is 0.242 e. The van der Waals surface area contributed by atoms with Gasteiger partial charge in [0.25, 0.3) is 0 Å². The molecule has 1 unspecified atom stereocenters. The second-order valence-electron chi connectivity index (χ2n) is 3.44. The molecule has 0 aromatic heterocycles. The van der Waals surface area contributed by atoms with Crippen LogP contribution in [-0.2, 0) is 4.79 Å². The van der Waals surface area contributed by atoms with Crippen molar-refractivity contribution in [3.63, 3.8) is 0 Å². The van der Waals surface area contributed by atoms with Crippen LogP contribution in [0.25, 0.3) is 12.2 Å². The van der Waals surface area contributed by atoms with E-state index in [-0.39, 0.29) is 5.91 Å². The Morgan fingerprint density at radius 3 is 2.67 bits per heavy atom. The maximum absolute atomic E-state index is 10.8. The summed E-state index contributed by atoms with van der Waals surface area (Å²) in [5, 5.41) is 11.6. The first kappa shape index (κ1) is 9.80. The van der Waals surface area contributed by atoms with Crippen LogP contribution in [-0.4, -0.2) is 22.8 Å². The lowest BCUT2D eigenvalue weighted by molar-refractivity contribution is -0.115. The summed E-state index contributed by atoms with van der Waals surface area (Å²) in [5.41, 5.74) is 0.404. The van der Waals surface area contributed by atoms with Gasteiger partial charge in [0, 0.05) is 6.92 Å². The minimum Gasteiger partial charge on any atom is -0.383 e. The van der Waals surface area contributed by atoms with Gasteiger partial charge in [0.2, 0.25) is 5.91 Å². The summed E-state index contributed by atoms with van der Waals surface area (Å²) in [6, 6.07) is 7.65. The van der Waals surface area contributed by atoms with E-state index in [0.29, 0.717) is 5.71 Å². The molecule has 0 spiro atoms. The predicted molar refractivity (Wildman–Crippen MR) is 58.7 cm³/mol. The van der Waals surface area contributed by atoms with E-state index in [0.717, 1.165) is 10.4 Å². The van der Waals surface area contributed by atoms with Crippen LogP contribution in [0.1, 0.15) is 6.92 Å². The lowest BCUT2D eigenvalue weighted by Crippen LogP contribution is -2.35. The van der Waals surface area contributed by atoms with Gasteiger partial charge < -0.3 is 5.11 Å². The summed E-state index contributed by atoms with van der Waals surface area (Å²) in [5.74, 6) is -0.298. The Balaban J connectivity index is 2.61. The maximum atomic E-state index is 10.8. The van der Waals surface area contributed by atoms with Crippen LogP contribution in [0.2, 0.25) is 0 Å². The summed E-state index contributed by atoms with van der Waals surface area (Å²) in [6.07, 6.45) is 2.64. The molecule has 0 saturated heterocycles. The van der Waals surface area contributed by atoms with Crippen LogP contribution < -0.4 is 10.4 Å². The first-order chi connectivity index (χ1) is 7.16. The molecule has 1 aliphatic rings. The number of aliphatic hydroxyl groups excluding tert-OH is 1. The van der Waals surface area contributed by atoms with Crippen molar-refractivity contribution in [2.45, 2.75) is 13.0 Å². The molecular weight excluding hydrogens is 190 g/mol. The summed E-state index contributed by atoms with van der Waals surface area (Å²) < 4.78 is 0. The molecule has 15 heavy (non-hydrogen) atoms. The number of aliphatic hydroxyl groups is 1. The van der Waals surface area contributed by atoms with Gasteiger partial charge in [0.1, 0.15) is 6.10 Å². The number of carbonyl (C=O) groups is 1. The highest BCUT2D eigenvalue weighted by molar-refractivity contribution is 6.19. The molecule has 2 rings (SSSR count). The molecule has 0 saturated carbocycles. The van der Waals surface area contributed by atoms with Crippen LogP contribution in [0, 0.1) is 0 Å². The van der Waals surface area contributed by atoms with Gasteiger partial charge in [-0.1, -0.05) is 24.3 Å². The van der Waals surface area contributed by atoms with E-state index in [9.17, 15) is 9.90 Å². The number of amides is 1. The Labute approximate surface area is 87.1 Å². The molecule has 1 amide bonds. The Morgan fingerprint density at radius 2 is 2.00 bits per heavy atom. The first-order valence-electron chi connectivity index (χ1n) is 4.72. The molecule has 0 heterocycles. The van der Waals surface area contributed by atoms with Crippen molar-refractivity contribution >= 4 is 23.8 Å². The van der Waals surface area contributed by atoms with E-state index in [1.54, 1.807) is 12.2 Å². The standard InChI is InChI=1S/C12H11NO2/c1-8(14)13-11-6-9-4-2-3-5-10(9)7-12(11)15/h2-7,12,15H,1H3. The van der Waals surface area contributed by atoms with Gasteiger partial charge in [0.05, 0.1) is 5.71 Å². The van der Waals surface area contributed by atoms with Crippen LogP contribution in [0.4, 0.5) is 0 Å². The minimum atomic E-state index is -0.788. The Hall–Kier alpha value is -1.74. The van der Waals surface area contributed by atoms with E-state index >= 15 is 0 Å². The second-order valence-corrected chi connectivity index (χ2v) is 3.44. The smallest absolute Gasteiger partial charge is 0.242 e. The Bertz CT molecular complexity index is 543. The number of fused-ring (bicyclic) bond motifs is 1. The number of carbonyl (C=O) groups excluding carboxylic acids is 1. The zero-order valence-corrected chi connectivity index (χ0v) is 8.34. The van der Waals surface area contributed by atoms with E-state index in [1.807, 2.05) is 24.3 Å². The SMILES string of the molecule is CC(=O)N=C1C=c2ccccc2=CC1O. The van der Waals surface area contributed by atoms with Crippen LogP contribution in [0.15, 0.2) is 29.3 Å². The number of hydrogen-bond donors (Lipinski definition) is 1. The van der Waals surface area contributed by atoms with Crippen molar-refractivity contribution in [3.05, 3.63) is 34.7 Å². The molecule has 0 fully saturated rings. The molecule has 1 atom stereocenters. The third-order valence-electron chi connectivity index (χ3n) is 2.23. The third-order valence-corrected chi connectivity index (χ3v) is 2.23. The Morgan fingerprint density at radius 1 is 1.33 bits per heavy atom. The number of aliphatic imine (C=N–C) groups is 1. The monoisotopic (exact) mass is 201 g/mol. The fourth-order valence-electron chi connectivity index (χ4n) is 1.57. The van der Waals surface area contributed by atoms with Crippen molar-refractivity contribution in [2.75, 3.05) is 0 Å². The van der Waals surface area contributed by atoms with Gasteiger partial charge in [-0.2, -0.15) is 0 Å². The molecule has 3 heteroatoms. The lowest BCUT2D eigenvalue weighted by atomic mass is 10.0. The van der Waals surface area contributed by atoms with Gasteiger partial charge in [-0.15, -0.1) is 0 Å². The van der Waals surface area contributed by atoms with Gasteiger partial charge in [-0.3, -0.25) is 4.79 Å². The quantitative estimate of drug-likeness (QED) is 0.621. The predicted octanol–water partition coefficient (Wildman–Crippen LogP) is -0.390. The van der Waals surface area contributed by atoms with Gasteiger partial charge in [0.15, 0.2) is 0 Å². The first-order valence-corrected chi connectivity index (χ1v) is 4.72. The normalized spacial score (nSPS) is 21.5.